The van der Waals surface area contributed by atoms with Crippen molar-refractivity contribution in [3.05, 3.63) is 11.6 Å². The van der Waals surface area contributed by atoms with E-state index < -0.39 is 0 Å². The first-order valence-electron chi connectivity index (χ1n) is 9.03. The Morgan fingerprint density at radius 2 is 1.55 bits per heavy atom. The Balaban J connectivity index is 3.28. The summed E-state index contributed by atoms with van der Waals surface area (Å²) in [5, 5.41) is 3.50. The lowest BCUT2D eigenvalue weighted by Gasteiger charge is -2.06. The minimum absolute atomic E-state index is 0.761. The molecule has 0 aliphatic rings. The van der Waals surface area contributed by atoms with Crippen molar-refractivity contribution < 1.29 is 0 Å². The fourth-order valence-electron chi connectivity index (χ4n) is 2.45. The lowest BCUT2D eigenvalue weighted by molar-refractivity contribution is 0.555. The van der Waals surface area contributed by atoms with E-state index >= 15 is 0 Å². The van der Waals surface area contributed by atoms with Gasteiger partial charge in [0.25, 0.3) is 0 Å². The molecule has 0 aliphatic heterocycles. The topological polar surface area (TPSA) is 12.0 Å². The Morgan fingerprint density at radius 3 is 2.15 bits per heavy atom. The number of hydrogen-bond donors (Lipinski definition) is 1. The smallest absolute Gasteiger partial charge is 0.00141 e. The monoisotopic (exact) mass is 281 g/mol. The van der Waals surface area contributed by atoms with E-state index in [1.54, 1.807) is 5.57 Å². The number of hydrogen-bond acceptors (Lipinski definition) is 1. The molecule has 0 radical (unpaired) electrons. The summed E-state index contributed by atoms with van der Waals surface area (Å²) >= 11 is 0. The summed E-state index contributed by atoms with van der Waals surface area (Å²) in [7, 11) is 0. The zero-order valence-corrected chi connectivity index (χ0v) is 14.6. The van der Waals surface area contributed by atoms with Crippen LogP contribution in [0.3, 0.4) is 0 Å². The molecular formula is C19H39N. The second-order valence-electron chi connectivity index (χ2n) is 6.66. The maximum absolute atomic E-state index is 3.50. The highest BCUT2D eigenvalue weighted by Crippen LogP contribution is 2.12. The van der Waals surface area contributed by atoms with Crippen molar-refractivity contribution in [2.24, 2.45) is 5.92 Å². The van der Waals surface area contributed by atoms with E-state index in [0.717, 1.165) is 19.0 Å². The number of allylic oxidation sites excluding steroid dienone is 1. The molecule has 1 nitrogen and oxygen atoms in total. The number of nitrogens with one attached hydrogen (secondary N) is 1. The molecule has 0 saturated heterocycles. The third-order valence-electron chi connectivity index (χ3n) is 3.79. The van der Waals surface area contributed by atoms with Gasteiger partial charge in [0.15, 0.2) is 0 Å². The Bertz CT molecular complexity index is 218. The van der Waals surface area contributed by atoms with Crippen molar-refractivity contribution in [1.29, 1.82) is 0 Å². The molecule has 0 unspecified atom stereocenters. The molecule has 0 spiro atoms. The fourth-order valence-corrected chi connectivity index (χ4v) is 2.45. The van der Waals surface area contributed by atoms with Gasteiger partial charge in [0.2, 0.25) is 0 Å². The summed E-state index contributed by atoms with van der Waals surface area (Å²) in [6, 6.07) is 0. The largest absolute Gasteiger partial charge is 0.316 e. The van der Waals surface area contributed by atoms with Gasteiger partial charge in [-0.3, -0.25) is 0 Å². The summed E-state index contributed by atoms with van der Waals surface area (Å²) in [4.78, 5) is 0. The van der Waals surface area contributed by atoms with Crippen molar-refractivity contribution in [2.75, 3.05) is 13.1 Å². The molecule has 0 atom stereocenters. The van der Waals surface area contributed by atoms with Crippen LogP contribution in [0.4, 0.5) is 0 Å². The predicted octanol–water partition coefficient (Wildman–Crippen LogP) is 6.10. The molecule has 0 aromatic rings. The lowest BCUT2D eigenvalue weighted by Crippen LogP contribution is -2.20. The van der Waals surface area contributed by atoms with E-state index in [4.69, 9.17) is 0 Å². The quantitative estimate of drug-likeness (QED) is 0.300. The minimum atomic E-state index is 0.761. The van der Waals surface area contributed by atoms with Crippen LogP contribution < -0.4 is 5.32 Å². The van der Waals surface area contributed by atoms with Crippen LogP contribution >= 0.6 is 0 Å². The molecule has 0 fully saturated rings. The number of rotatable bonds is 14. The molecule has 0 aromatic carbocycles. The highest BCUT2D eigenvalue weighted by atomic mass is 14.8. The summed E-state index contributed by atoms with van der Waals surface area (Å²) in [6.07, 6.45) is 16.3. The molecule has 0 rings (SSSR count). The van der Waals surface area contributed by atoms with Crippen molar-refractivity contribution in [3.8, 4) is 0 Å². The zero-order valence-electron chi connectivity index (χ0n) is 14.6. The lowest BCUT2D eigenvalue weighted by atomic mass is 10.0. The molecule has 0 saturated carbocycles. The van der Waals surface area contributed by atoms with E-state index in [1.165, 1.54) is 64.2 Å². The Morgan fingerprint density at radius 1 is 0.950 bits per heavy atom. The minimum Gasteiger partial charge on any atom is -0.316 e. The summed E-state index contributed by atoms with van der Waals surface area (Å²) in [6.45, 7) is 11.4. The van der Waals surface area contributed by atoms with Gasteiger partial charge in [-0.25, -0.2) is 0 Å². The van der Waals surface area contributed by atoms with Crippen LogP contribution in [-0.4, -0.2) is 13.1 Å². The molecule has 120 valence electrons. The van der Waals surface area contributed by atoms with Gasteiger partial charge in [-0.15, -0.1) is 0 Å². The molecular weight excluding hydrogens is 242 g/mol. The molecule has 0 aromatic heterocycles. The summed E-state index contributed by atoms with van der Waals surface area (Å²) < 4.78 is 0. The zero-order chi connectivity index (χ0) is 15.1. The van der Waals surface area contributed by atoms with Gasteiger partial charge in [-0.05, 0) is 45.2 Å². The molecule has 1 N–H and O–H groups in total. The molecule has 0 bridgehead atoms. The van der Waals surface area contributed by atoms with Crippen molar-refractivity contribution in [1.82, 2.24) is 5.32 Å². The first-order chi connectivity index (χ1) is 9.66. The average Bonchev–Trinajstić information content (AvgIpc) is 2.41. The van der Waals surface area contributed by atoms with Gasteiger partial charge >= 0.3 is 0 Å². The Labute approximate surface area is 128 Å². The van der Waals surface area contributed by atoms with Crippen LogP contribution in [0.2, 0.25) is 0 Å². The molecule has 1 heteroatoms. The van der Waals surface area contributed by atoms with E-state index in [0.29, 0.717) is 0 Å². The van der Waals surface area contributed by atoms with Crippen LogP contribution in [-0.2, 0) is 0 Å². The van der Waals surface area contributed by atoms with Gasteiger partial charge in [0.1, 0.15) is 0 Å². The molecule has 0 aliphatic carbocycles. The highest BCUT2D eigenvalue weighted by Gasteiger charge is 1.94. The molecule has 20 heavy (non-hydrogen) atoms. The molecule has 0 amide bonds. The first kappa shape index (κ1) is 19.7. The Hall–Kier alpha value is -0.300. The van der Waals surface area contributed by atoms with Gasteiger partial charge in [-0.2, -0.15) is 0 Å². The standard InChI is InChI=1S/C19H39N/c1-5-6-7-8-9-10-11-12-14-19(4)15-13-16-20-17-18(2)3/h15,18,20H,5-14,16-17H2,1-4H3. The fraction of sp³-hybridized carbons (Fsp3) is 0.895. The van der Waals surface area contributed by atoms with E-state index in [1.807, 2.05) is 0 Å². The maximum atomic E-state index is 3.50. The van der Waals surface area contributed by atoms with Crippen LogP contribution in [0.1, 0.15) is 91.9 Å². The molecule has 0 heterocycles. The average molecular weight is 282 g/mol. The van der Waals surface area contributed by atoms with Crippen molar-refractivity contribution in [2.45, 2.75) is 91.9 Å². The SMILES string of the molecule is CCCCCCCCCCC(C)=CCCNCC(C)C. The second-order valence-corrected chi connectivity index (χ2v) is 6.66. The van der Waals surface area contributed by atoms with E-state index in [9.17, 15) is 0 Å². The summed E-state index contributed by atoms with van der Waals surface area (Å²) in [5.41, 5.74) is 1.59. The number of unbranched alkanes of at least 4 members (excludes halogenated alkanes) is 7. The second kappa shape index (κ2) is 15.1. The van der Waals surface area contributed by atoms with Crippen LogP contribution in [0.5, 0.6) is 0 Å². The normalized spacial score (nSPS) is 12.3. The summed E-state index contributed by atoms with van der Waals surface area (Å²) in [5.74, 6) is 0.761. The highest BCUT2D eigenvalue weighted by molar-refractivity contribution is 4.97. The third kappa shape index (κ3) is 15.8. The van der Waals surface area contributed by atoms with E-state index in [-0.39, 0.29) is 0 Å². The van der Waals surface area contributed by atoms with Crippen molar-refractivity contribution in [3.63, 3.8) is 0 Å². The van der Waals surface area contributed by atoms with Gasteiger partial charge < -0.3 is 5.32 Å². The maximum Gasteiger partial charge on any atom is -0.00141 e. The third-order valence-corrected chi connectivity index (χ3v) is 3.79. The van der Waals surface area contributed by atoms with Gasteiger partial charge in [0, 0.05) is 0 Å². The van der Waals surface area contributed by atoms with Crippen LogP contribution in [0.15, 0.2) is 11.6 Å². The van der Waals surface area contributed by atoms with Crippen LogP contribution in [0, 0.1) is 5.92 Å². The van der Waals surface area contributed by atoms with Gasteiger partial charge in [-0.1, -0.05) is 77.4 Å². The van der Waals surface area contributed by atoms with E-state index in [2.05, 4.69) is 39.1 Å². The Kier molecular flexibility index (Phi) is 14.9. The van der Waals surface area contributed by atoms with Gasteiger partial charge in [0.05, 0.1) is 0 Å². The first-order valence-corrected chi connectivity index (χ1v) is 9.03. The predicted molar refractivity (Wildman–Crippen MR) is 93.3 cm³/mol. The van der Waals surface area contributed by atoms with Crippen LogP contribution in [0.25, 0.3) is 0 Å². The van der Waals surface area contributed by atoms with Crippen molar-refractivity contribution >= 4 is 0 Å².